The van der Waals surface area contributed by atoms with Crippen molar-refractivity contribution in [2.45, 2.75) is 121 Å². The van der Waals surface area contributed by atoms with E-state index in [4.69, 9.17) is 23.2 Å². The van der Waals surface area contributed by atoms with Gasteiger partial charge in [-0.1, -0.05) is 95.9 Å². The van der Waals surface area contributed by atoms with E-state index >= 15 is 0 Å². The molecule has 1 aromatic rings. The van der Waals surface area contributed by atoms with Gasteiger partial charge in [-0.3, -0.25) is 0 Å². The average Bonchev–Trinajstić information content (AvgIpc) is 2.84. The predicted molar refractivity (Wildman–Crippen MR) is 148 cm³/mol. The first-order valence-electron chi connectivity index (χ1n) is 12.4. The topological polar surface area (TPSA) is 0 Å². The normalized spacial score (nSPS) is 17.7. The van der Waals surface area contributed by atoms with Crippen molar-refractivity contribution in [2.75, 3.05) is 0 Å². The first kappa shape index (κ1) is 35.0. The van der Waals surface area contributed by atoms with E-state index in [1.165, 1.54) is 102 Å². The maximum Gasteiger partial charge on any atom is 3.00 e. The van der Waals surface area contributed by atoms with Crippen molar-refractivity contribution in [3.8, 4) is 0 Å². The van der Waals surface area contributed by atoms with Gasteiger partial charge in [-0.05, 0) is 17.0 Å². The quantitative estimate of drug-likeness (QED) is 0.140. The third kappa shape index (κ3) is 20.2. The zero-order valence-electron chi connectivity index (χ0n) is 20.6. The summed E-state index contributed by atoms with van der Waals surface area (Å²) in [6, 6.07) is 8.08. The molecule has 4 heteroatoms. The van der Waals surface area contributed by atoms with Gasteiger partial charge in [0.25, 0.3) is 0 Å². The molecule has 1 atom stereocenters. The minimum atomic E-state index is -0.411. The summed E-state index contributed by atoms with van der Waals surface area (Å²) in [5.74, 6) is 0.558. The SMILES string of the molecule is CC(C)c1ccc(C(Cl)Cl)cc1.P.[CH-]1CCCCC1.[CH-]1CCCCC1.[CH-]1CCCCC1.[Ru+3]. The van der Waals surface area contributed by atoms with Gasteiger partial charge >= 0.3 is 19.5 Å². The smallest absolute Gasteiger partial charge is 0.328 e. The fourth-order valence-electron chi connectivity index (χ4n) is 3.72. The molecule has 0 nitrogen and oxygen atoms in total. The molecule has 0 amide bonds. The monoisotopic (exact) mass is 587 g/mol. The molecular weight excluding hydrogens is 539 g/mol. The standard InChI is InChI=1S/C10H12Cl2.3C6H11.H3P.Ru/c1-7(2)8-3-5-9(6-4-8)10(11)12;3*1-2-4-6-5-3-1;;/h3-7,10H,1-2H3;3*1H,2-6H2;1H3;/q;3*-1;;+3. The summed E-state index contributed by atoms with van der Waals surface area (Å²) >= 11 is 11.4. The van der Waals surface area contributed by atoms with Gasteiger partial charge in [0.05, 0.1) is 0 Å². The van der Waals surface area contributed by atoms with Gasteiger partial charge < -0.3 is 19.3 Å². The summed E-state index contributed by atoms with van der Waals surface area (Å²) in [4.78, 5) is -0.411. The van der Waals surface area contributed by atoms with Crippen molar-refractivity contribution in [1.29, 1.82) is 0 Å². The Labute approximate surface area is 227 Å². The van der Waals surface area contributed by atoms with E-state index in [0.717, 1.165) is 5.56 Å². The Kier molecular flexibility index (Phi) is 27.3. The van der Waals surface area contributed by atoms with E-state index < -0.39 is 4.84 Å². The molecule has 32 heavy (non-hydrogen) atoms. The van der Waals surface area contributed by atoms with Crippen molar-refractivity contribution in [3.05, 3.63) is 54.7 Å². The van der Waals surface area contributed by atoms with Crippen LogP contribution in [0.3, 0.4) is 0 Å². The first-order chi connectivity index (χ1) is 14.6. The van der Waals surface area contributed by atoms with Crippen LogP contribution >= 0.6 is 33.1 Å². The molecule has 3 saturated carbocycles. The van der Waals surface area contributed by atoms with E-state index in [-0.39, 0.29) is 29.4 Å². The summed E-state index contributed by atoms with van der Waals surface area (Å²) in [5, 5.41) is 0. The maximum absolute atomic E-state index is 5.70. The largest absolute Gasteiger partial charge is 3.00 e. The maximum atomic E-state index is 5.70. The summed E-state index contributed by atoms with van der Waals surface area (Å²) in [5.41, 5.74) is 2.27. The Morgan fingerprint density at radius 1 is 0.562 bits per heavy atom. The number of benzene rings is 1. The zero-order chi connectivity index (χ0) is 21.9. The minimum absolute atomic E-state index is 0. The number of hydrogen-bond acceptors (Lipinski definition) is 0. The van der Waals surface area contributed by atoms with Crippen LogP contribution in [0.1, 0.15) is 132 Å². The Hall–Kier alpha value is 0.853. The fourth-order valence-corrected chi connectivity index (χ4v) is 4.01. The summed E-state index contributed by atoms with van der Waals surface area (Å²) in [6.07, 6.45) is 28.5. The Bertz CT molecular complexity index is 389. The van der Waals surface area contributed by atoms with E-state index in [2.05, 4.69) is 45.2 Å². The van der Waals surface area contributed by atoms with Crippen molar-refractivity contribution in [3.63, 3.8) is 0 Å². The van der Waals surface area contributed by atoms with Gasteiger partial charge in [0.1, 0.15) is 4.84 Å². The number of alkyl halides is 2. The average molecular weight is 588 g/mol. The first-order valence-corrected chi connectivity index (χ1v) is 13.3. The third-order valence-electron chi connectivity index (χ3n) is 5.80. The molecule has 1 radical (unpaired) electrons. The molecule has 0 aromatic heterocycles. The Morgan fingerprint density at radius 3 is 1.00 bits per heavy atom. The number of rotatable bonds is 2. The molecule has 0 saturated heterocycles. The van der Waals surface area contributed by atoms with Crippen molar-refractivity contribution in [1.82, 2.24) is 0 Å². The van der Waals surface area contributed by atoms with Gasteiger partial charge in [0.2, 0.25) is 0 Å². The number of hydrogen-bond donors (Lipinski definition) is 0. The molecule has 0 heterocycles. The summed E-state index contributed by atoms with van der Waals surface area (Å²) in [6.45, 7) is 4.32. The van der Waals surface area contributed by atoms with E-state index in [9.17, 15) is 0 Å². The van der Waals surface area contributed by atoms with Crippen molar-refractivity contribution >= 4 is 33.1 Å². The van der Waals surface area contributed by atoms with Crippen LogP contribution in [0, 0.1) is 19.3 Å². The Morgan fingerprint density at radius 2 is 0.844 bits per heavy atom. The van der Waals surface area contributed by atoms with Crippen LogP contribution in [0.5, 0.6) is 0 Å². The molecule has 1 aromatic carbocycles. The second-order valence-corrected chi connectivity index (χ2v) is 10.00. The zero-order valence-corrected chi connectivity index (χ0v) is 25.3. The summed E-state index contributed by atoms with van der Waals surface area (Å²) in [7, 11) is 0. The van der Waals surface area contributed by atoms with Crippen LogP contribution in [0.2, 0.25) is 0 Å². The van der Waals surface area contributed by atoms with Crippen LogP contribution in [0.4, 0.5) is 0 Å². The molecule has 4 rings (SSSR count). The fraction of sp³-hybridized carbons (Fsp3) is 0.679. The Balaban J connectivity index is 0. The molecular formula is C28H48Cl2PRu. The minimum Gasteiger partial charge on any atom is -0.328 e. The van der Waals surface area contributed by atoms with Gasteiger partial charge in [-0.2, -0.15) is 48.4 Å². The number of halogens is 2. The van der Waals surface area contributed by atoms with Crippen LogP contribution in [-0.4, -0.2) is 0 Å². The van der Waals surface area contributed by atoms with Crippen molar-refractivity contribution < 1.29 is 19.5 Å². The van der Waals surface area contributed by atoms with E-state index in [0.29, 0.717) is 5.92 Å². The summed E-state index contributed by atoms with van der Waals surface area (Å²) < 4.78 is 0. The molecule has 1 unspecified atom stereocenters. The molecule has 3 fully saturated rings. The predicted octanol–water partition coefficient (Wildman–Crippen LogP) is 10.8. The molecule has 3 aliphatic rings. The van der Waals surface area contributed by atoms with E-state index in [1.807, 2.05) is 12.1 Å². The van der Waals surface area contributed by atoms with Gasteiger partial charge in [-0.25, -0.2) is 0 Å². The van der Waals surface area contributed by atoms with Crippen LogP contribution in [-0.2, 0) is 19.5 Å². The van der Waals surface area contributed by atoms with Crippen LogP contribution < -0.4 is 0 Å². The second kappa shape index (κ2) is 25.0. The molecule has 0 spiro atoms. The third-order valence-corrected chi connectivity index (χ3v) is 6.31. The second-order valence-electron chi connectivity index (χ2n) is 8.90. The molecule has 0 bridgehead atoms. The molecule has 3 aliphatic carbocycles. The van der Waals surface area contributed by atoms with Crippen LogP contribution in [0.25, 0.3) is 0 Å². The molecule has 0 N–H and O–H groups in total. The van der Waals surface area contributed by atoms with Crippen LogP contribution in [0.15, 0.2) is 24.3 Å². The van der Waals surface area contributed by atoms with E-state index in [1.54, 1.807) is 0 Å². The molecule has 0 aliphatic heterocycles. The van der Waals surface area contributed by atoms with Gasteiger partial charge in [0.15, 0.2) is 0 Å². The van der Waals surface area contributed by atoms with Gasteiger partial charge in [0, 0.05) is 0 Å². The molecule has 187 valence electrons. The van der Waals surface area contributed by atoms with Gasteiger partial charge in [-0.15, -0.1) is 23.2 Å². The van der Waals surface area contributed by atoms with Crippen molar-refractivity contribution in [2.24, 2.45) is 0 Å².